The summed E-state index contributed by atoms with van der Waals surface area (Å²) >= 11 is 0. The summed E-state index contributed by atoms with van der Waals surface area (Å²) in [4.78, 5) is 27.8. The van der Waals surface area contributed by atoms with Crippen molar-refractivity contribution in [2.24, 2.45) is 5.92 Å². The molecule has 0 saturated carbocycles. The number of hydrogen-bond donors (Lipinski definition) is 2. The van der Waals surface area contributed by atoms with Crippen molar-refractivity contribution in [2.45, 2.75) is 30.5 Å². The lowest BCUT2D eigenvalue weighted by atomic mass is 9.89. The highest BCUT2D eigenvalue weighted by Gasteiger charge is 2.54. The first-order chi connectivity index (χ1) is 19.3. The summed E-state index contributed by atoms with van der Waals surface area (Å²) in [6, 6.07) is 10.7. The monoisotopic (exact) mass is 579 g/mol. The molecular weight excluding hydrogens is 559 g/mol. The number of nitrogens with zero attached hydrogens (tertiary/aromatic N) is 2. The standard InChI is InChI=1S/C28H20F7N3O3/c29-20-8-4-5-9-21(20)36-38-22(24(39)15-12-16(27(30,31)32)14-17(13-15)28(33,34)35)11-10-19-23(38)26(41)37(25(19)40)18-6-2-1-3-7-18/h1-14,19,22-24,36,39H. The molecule has 6 nitrogen and oxygen atoms in total. The highest BCUT2D eigenvalue weighted by molar-refractivity contribution is 6.24. The first-order valence-electron chi connectivity index (χ1n) is 12.2. The molecule has 1 fully saturated rings. The largest absolute Gasteiger partial charge is 0.416 e. The van der Waals surface area contributed by atoms with Gasteiger partial charge in [-0.2, -0.15) is 26.3 Å². The van der Waals surface area contributed by atoms with E-state index in [1.807, 2.05) is 0 Å². The molecule has 4 unspecified atom stereocenters. The van der Waals surface area contributed by atoms with Gasteiger partial charge in [0.2, 0.25) is 5.91 Å². The first kappa shape index (κ1) is 28.3. The molecule has 4 atom stereocenters. The molecule has 2 aliphatic heterocycles. The summed E-state index contributed by atoms with van der Waals surface area (Å²) in [6.07, 6.45) is -9.97. The maximum absolute atomic E-state index is 14.6. The summed E-state index contributed by atoms with van der Waals surface area (Å²) in [5.74, 6) is -3.41. The van der Waals surface area contributed by atoms with Crippen molar-refractivity contribution in [1.29, 1.82) is 0 Å². The van der Waals surface area contributed by atoms with Gasteiger partial charge in [-0.15, -0.1) is 0 Å². The SMILES string of the molecule is O=C1C2C=CC(C(O)c3cc(C(F)(F)F)cc(C(F)(F)F)c3)N(Nc3ccccc3F)C2C(=O)N1c1ccccc1. The van der Waals surface area contributed by atoms with Crippen molar-refractivity contribution in [3.8, 4) is 0 Å². The number of alkyl halides is 6. The number of carbonyl (C=O) groups excluding carboxylic acids is 2. The molecule has 2 N–H and O–H groups in total. The minimum Gasteiger partial charge on any atom is -0.386 e. The van der Waals surface area contributed by atoms with E-state index >= 15 is 0 Å². The Bertz CT molecular complexity index is 1480. The molecule has 214 valence electrons. The van der Waals surface area contributed by atoms with Crippen LogP contribution in [0.2, 0.25) is 0 Å². The van der Waals surface area contributed by atoms with Gasteiger partial charge in [0.25, 0.3) is 5.91 Å². The van der Waals surface area contributed by atoms with E-state index in [2.05, 4.69) is 5.43 Å². The van der Waals surface area contributed by atoms with E-state index in [-0.39, 0.29) is 17.4 Å². The van der Waals surface area contributed by atoms with Crippen molar-refractivity contribution in [2.75, 3.05) is 10.3 Å². The second-order valence-corrected chi connectivity index (χ2v) is 9.48. The van der Waals surface area contributed by atoms with Gasteiger partial charge in [0.1, 0.15) is 11.9 Å². The molecule has 2 heterocycles. The molecule has 13 heteroatoms. The molecular formula is C28H20F7N3O3. The minimum absolute atomic E-state index is 0.0742. The molecule has 2 amide bonds. The fourth-order valence-electron chi connectivity index (χ4n) is 4.94. The lowest BCUT2D eigenvalue weighted by Gasteiger charge is -2.40. The van der Waals surface area contributed by atoms with Crippen LogP contribution in [0.3, 0.4) is 0 Å². The average molecular weight is 579 g/mol. The van der Waals surface area contributed by atoms with Crippen LogP contribution in [0.5, 0.6) is 0 Å². The normalized spacial score (nSPS) is 22.1. The number of nitrogens with one attached hydrogen (secondary N) is 1. The van der Waals surface area contributed by atoms with E-state index in [0.717, 1.165) is 16.0 Å². The summed E-state index contributed by atoms with van der Waals surface area (Å²) in [6.45, 7) is 0. The predicted octanol–water partition coefficient (Wildman–Crippen LogP) is 5.72. The zero-order chi connectivity index (χ0) is 29.7. The number of imide groups is 1. The number of carbonyl (C=O) groups is 2. The number of benzene rings is 3. The van der Waals surface area contributed by atoms with Crippen molar-refractivity contribution in [1.82, 2.24) is 5.01 Å². The molecule has 0 radical (unpaired) electrons. The number of aliphatic hydroxyl groups is 1. The van der Waals surface area contributed by atoms with Gasteiger partial charge < -0.3 is 10.5 Å². The van der Waals surface area contributed by atoms with Gasteiger partial charge >= 0.3 is 12.4 Å². The molecule has 3 aromatic rings. The average Bonchev–Trinajstić information content (AvgIpc) is 3.18. The zero-order valence-corrected chi connectivity index (χ0v) is 20.7. The van der Waals surface area contributed by atoms with Crippen LogP contribution in [0.4, 0.5) is 42.1 Å². The van der Waals surface area contributed by atoms with Gasteiger partial charge in [0, 0.05) is 0 Å². The van der Waals surface area contributed by atoms with E-state index < -0.39 is 70.8 Å². The first-order valence-corrected chi connectivity index (χ1v) is 12.2. The Morgan fingerprint density at radius 2 is 1.37 bits per heavy atom. The van der Waals surface area contributed by atoms with Crippen LogP contribution in [0, 0.1) is 11.7 Å². The third kappa shape index (κ3) is 5.30. The number of hydrazine groups is 1. The quantitative estimate of drug-likeness (QED) is 0.230. The molecule has 5 rings (SSSR count). The van der Waals surface area contributed by atoms with Crippen molar-refractivity contribution < 1.29 is 45.4 Å². The number of fused-ring (bicyclic) bond motifs is 1. The Morgan fingerprint density at radius 3 is 1.95 bits per heavy atom. The summed E-state index contributed by atoms with van der Waals surface area (Å²) < 4.78 is 95.7. The highest BCUT2D eigenvalue weighted by atomic mass is 19.4. The van der Waals surface area contributed by atoms with Gasteiger partial charge in [0.15, 0.2) is 0 Å². The van der Waals surface area contributed by atoms with Crippen molar-refractivity contribution >= 4 is 23.2 Å². The predicted molar refractivity (Wildman–Crippen MR) is 132 cm³/mol. The topological polar surface area (TPSA) is 72.9 Å². The Labute approximate surface area is 228 Å². The number of hydrogen-bond acceptors (Lipinski definition) is 5. The minimum atomic E-state index is -5.17. The van der Waals surface area contributed by atoms with E-state index in [1.165, 1.54) is 42.5 Å². The number of para-hydroxylation sites is 2. The van der Waals surface area contributed by atoms with Crippen molar-refractivity contribution in [3.05, 3.63) is 107 Å². The Morgan fingerprint density at radius 1 is 0.780 bits per heavy atom. The molecule has 0 bridgehead atoms. The van der Waals surface area contributed by atoms with Crippen LogP contribution in [0.25, 0.3) is 0 Å². The second-order valence-electron chi connectivity index (χ2n) is 9.48. The number of halogens is 7. The van der Waals surface area contributed by atoms with E-state index in [9.17, 15) is 45.4 Å². The molecule has 0 aromatic heterocycles. The number of aliphatic hydroxyl groups excluding tert-OH is 1. The van der Waals surface area contributed by atoms with Crippen LogP contribution >= 0.6 is 0 Å². The summed E-state index contributed by atoms with van der Waals surface area (Å²) in [5.41, 5.74) is -1.39. The molecule has 0 spiro atoms. The lowest BCUT2D eigenvalue weighted by molar-refractivity contribution is -0.143. The van der Waals surface area contributed by atoms with Crippen LogP contribution in [-0.2, 0) is 21.9 Å². The van der Waals surface area contributed by atoms with Crippen LogP contribution < -0.4 is 10.3 Å². The fourth-order valence-corrected chi connectivity index (χ4v) is 4.94. The van der Waals surface area contributed by atoms with E-state index in [4.69, 9.17) is 0 Å². The highest BCUT2D eigenvalue weighted by Crippen LogP contribution is 2.41. The lowest BCUT2D eigenvalue weighted by Crippen LogP contribution is -2.55. The molecule has 1 saturated heterocycles. The third-order valence-electron chi connectivity index (χ3n) is 6.87. The summed E-state index contributed by atoms with van der Waals surface area (Å²) in [7, 11) is 0. The van der Waals surface area contributed by atoms with Gasteiger partial charge in [-0.25, -0.2) is 14.3 Å². The van der Waals surface area contributed by atoms with Gasteiger partial charge in [-0.3, -0.25) is 9.59 Å². The second kappa shape index (κ2) is 10.3. The van der Waals surface area contributed by atoms with Crippen LogP contribution in [0.15, 0.2) is 84.9 Å². The smallest absolute Gasteiger partial charge is 0.386 e. The van der Waals surface area contributed by atoms with Gasteiger partial charge in [0.05, 0.1) is 40.6 Å². The maximum Gasteiger partial charge on any atom is 0.416 e. The van der Waals surface area contributed by atoms with Crippen LogP contribution in [0.1, 0.15) is 22.8 Å². The number of amides is 2. The Hall–Kier alpha value is -4.23. The van der Waals surface area contributed by atoms with Crippen LogP contribution in [-0.4, -0.2) is 34.0 Å². The van der Waals surface area contributed by atoms with Crippen molar-refractivity contribution in [3.63, 3.8) is 0 Å². The summed E-state index contributed by atoms with van der Waals surface area (Å²) in [5, 5.41) is 12.2. The zero-order valence-electron chi connectivity index (χ0n) is 20.7. The van der Waals surface area contributed by atoms with Gasteiger partial charge in [-0.1, -0.05) is 42.5 Å². The van der Waals surface area contributed by atoms with E-state index in [1.54, 1.807) is 18.2 Å². The maximum atomic E-state index is 14.6. The fraction of sp³-hybridized carbons (Fsp3) is 0.214. The molecule has 3 aromatic carbocycles. The third-order valence-corrected chi connectivity index (χ3v) is 6.87. The molecule has 2 aliphatic rings. The Balaban J connectivity index is 1.60. The number of rotatable bonds is 5. The van der Waals surface area contributed by atoms with E-state index in [0.29, 0.717) is 12.1 Å². The number of anilines is 2. The molecule has 41 heavy (non-hydrogen) atoms. The molecule has 0 aliphatic carbocycles. The van der Waals surface area contributed by atoms with Gasteiger partial charge in [-0.05, 0) is 48.0 Å². The Kier molecular flexibility index (Phi) is 7.12.